The van der Waals surface area contributed by atoms with Crippen LogP contribution in [-0.2, 0) is 24.2 Å². The van der Waals surface area contributed by atoms with Gasteiger partial charge >= 0.3 is 0 Å². The largest absolute Gasteiger partial charge is 0.379 e. The number of nitrogens with zero attached hydrogens (tertiary/aromatic N) is 1. The maximum atomic E-state index is 12.1. The Kier molecular flexibility index (Phi) is 6.02. The van der Waals surface area contributed by atoms with Crippen LogP contribution < -0.4 is 5.32 Å². The van der Waals surface area contributed by atoms with Crippen LogP contribution in [0.2, 0.25) is 0 Å². The molecule has 2 fully saturated rings. The van der Waals surface area contributed by atoms with E-state index in [1.54, 1.807) is 4.90 Å². The van der Waals surface area contributed by atoms with E-state index in [0.29, 0.717) is 26.1 Å². The highest BCUT2D eigenvalue weighted by atomic mass is 32.2. The fourth-order valence-corrected chi connectivity index (χ4v) is 4.76. The van der Waals surface area contributed by atoms with Crippen molar-refractivity contribution in [3.63, 3.8) is 0 Å². The molecule has 0 aromatic rings. The minimum absolute atomic E-state index is 0.0274. The molecule has 0 aromatic heterocycles. The van der Waals surface area contributed by atoms with Gasteiger partial charge in [-0.25, -0.2) is 8.42 Å². The predicted octanol–water partition coefficient (Wildman–Crippen LogP) is -0.0467. The van der Waals surface area contributed by atoms with Gasteiger partial charge in [-0.1, -0.05) is 0 Å². The Morgan fingerprint density at radius 1 is 1.43 bits per heavy atom. The van der Waals surface area contributed by atoms with Crippen molar-refractivity contribution in [3.8, 4) is 0 Å². The second kappa shape index (κ2) is 7.61. The van der Waals surface area contributed by atoms with E-state index in [1.165, 1.54) is 0 Å². The number of ether oxygens (including phenoxy) is 1. The van der Waals surface area contributed by atoms with Crippen molar-refractivity contribution in [1.82, 2.24) is 10.2 Å². The van der Waals surface area contributed by atoms with E-state index >= 15 is 0 Å². The Hall–Kier alpha value is -1.15. The van der Waals surface area contributed by atoms with E-state index in [4.69, 9.17) is 4.74 Å². The average Bonchev–Trinajstić information content (AvgIpc) is 3.00. The topological polar surface area (TPSA) is 92.8 Å². The maximum absolute atomic E-state index is 12.1. The zero-order valence-corrected chi connectivity index (χ0v) is 14.6. The van der Waals surface area contributed by atoms with Gasteiger partial charge in [0.1, 0.15) is 0 Å². The molecule has 2 aliphatic heterocycles. The molecule has 0 bridgehead atoms. The monoisotopic (exact) mass is 346 g/mol. The molecular weight excluding hydrogens is 320 g/mol. The lowest BCUT2D eigenvalue weighted by Crippen LogP contribution is -2.39. The first-order chi connectivity index (χ1) is 10.8. The number of hydrogen-bond donors (Lipinski definition) is 1. The molecule has 0 aromatic carbocycles. The quantitative estimate of drug-likeness (QED) is 0.653. The highest BCUT2D eigenvalue weighted by Crippen LogP contribution is 2.26. The van der Waals surface area contributed by atoms with Crippen molar-refractivity contribution >= 4 is 21.7 Å². The Morgan fingerprint density at radius 3 is 2.78 bits per heavy atom. The van der Waals surface area contributed by atoms with E-state index in [0.717, 1.165) is 6.42 Å². The number of carbonyl (C=O) groups excluding carboxylic acids is 2. The summed E-state index contributed by atoms with van der Waals surface area (Å²) < 4.78 is 28.5. The lowest BCUT2D eigenvalue weighted by atomic mass is 10.1. The summed E-state index contributed by atoms with van der Waals surface area (Å²) in [6, 6.07) is -0.259. The summed E-state index contributed by atoms with van der Waals surface area (Å²) in [5, 5.41) is 2.83. The molecule has 2 unspecified atom stereocenters. The first kappa shape index (κ1) is 18.2. The predicted molar refractivity (Wildman–Crippen MR) is 85.6 cm³/mol. The van der Waals surface area contributed by atoms with Crippen LogP contribution in [0.5, 0.6) is 0 Å². The normalized spacial score (nSPS) is 26.9. The molecule has 0 spiro atoms. The smallest absolute Gasteiger partial charge is 0.225 e. The van der Waals surface area contributed by atoms with Gasteiger partial charge in [0.15, 0.2) is 9.84 Å². The van der Waals surface area contributed by atoms with E-state index in [-0.39, 0.29) is 47.8 Å². The van der Waals surface area contributed by atoms with Gasteiger partial charge in [0.2, 0.25) is 11.8 Å². The molecule has 2 aliphatic rings. The fraction of sp³-hybridized carbons (Fsp3) is 0.867. The van der Waals surface area contributed by atoms with Gasteiger partial charge in [-0.15, -0.1) is 0 Å². The Bertz CT molecular complexity index is 546. The lowest BCUT2D eigenvalue weighted by molar-refractivity contribution is -0.130. The van der Waals surface area contributed by atoms with Gasteiger partial charge in [-0.2, -0.15) is 0 Å². The van der Waals surface area contributed by atoms with Gasteiger partial charge in [0.05, 0.1) is 23.5 Å². The second-order valence-corrected chi connectivity index (χ2v) is 8.80. The third-order valence-electron chi connectivity index (χ3n) is 4.25. The van der Waals surface area contributed by atoms with Crippen LogP contribution in [0.1, 0.15) is 33.1 Å². The summed E-state index contributed by atoms with van der Waals surface area (Å²) in [4.78, 5) is 25.8. The fourth-order valence-electron chi connectivity index (χ4n) is 3.03. The van der Waals surface area contributed by atoms with Crippen LogP contribution in [-0.4, -0.2) is 68.5 Å². The number of sulfone groups is 1. The minimum Gasteiger partial charge on any atom is -0.379 e. The van der Waals surface area contributed by atoms with Crippen molar-refractivity contribution in [2.24, 2.45) is 5.92 Å². The first-order valence-corrected chi connectivity index (χ1v) is 10.00. The Balaban J connectivity index is 1.75. The molecule has 2 heterocycles. The summed E-state index contributed by atoms with van der Waals surface area (Å²) in [5.74, 6) is -0.466. The zero-order chi connectivity index (χ0) is 17.0. The van der Waals surface area contributed by atoms with Crippen LogP contribution in [0.25, 0.3) is 0 Å². The Morgan fingerprint density at radius 2 is 2.17 bits per heavy atom. The number of nitrogens with one attached hydrogen (secondary N) is 1. The van der Waals surface area contributed by atoms with Crippen LogP contribution in [0.15, 0.2) is 0 Å². The first-order valence-electron chi connectivity index (χ1n) is 8.17. The number of amides is 2. The average molecular weight is 346 g/mol. The highest BCUT2D eigenvalue weighted by Gasteiger charge is 2.41. The minimum atomic E-state index is -3.03. The zero-order valence-electron chi connectivity index (χ0n) is 13.8. The molecule has 132 valence electrons. The molecule has 2 amide bonds. The molecule has 8 heteroatoms. The molecule has 2 rings (SSSR count). The highest BCUT2D eigenvalue weighted by molar-refractivity contribution is 7.91. The molecule has 1 N–H and O–H groups in total. The van der Waals surface area contributed by atoms with Crippen LogP contribution >= 0.6 is 0 Å². The van der Waals surface area contributed by atoms with Gasteiger partial charge in [0.25, 0.3) is 0 Å². The summed E-state index contributed by atoms with van der Waals surface area (Å²) in [6.07, 6.45) is 1.56. The summed E-state index contributed by atoms with van der Waals surface area (Å²) in [5.41, 5.74) is 0. The number of likely N-dealkylation sites (tertiary alicyclic amines) is 1. The lowest BCUT2D eigenvalue weighted by Gasteiger charge is -2.22. The van der Waals surface area contributed by atoms with Gasteiger partial charge in [-0.05, 0) is 26.7 Å². The van der Waals surface area contributed by atoms with Crippen molar-refractivity contribution < 1.29 is 22.7 Å². The van der Waals surface area contributed by atoms with E-state index < -0.39 is 9.84 Å². The summed E-state index contributed by atoms with van der Waals surface area (Å²) >= 11 is 0. The third kappa shape index (κ3) is 5.17. The number of rotatable bonds is 7. The molecule has 23 heavy (non-hydrogen) atoms. The summed E-state index contributed by atoms with van der Waals surface area (Å²) in [7, 11) is -3.03. The van der Waals surface area contributed by atoms with Crippen molar-refractivity contribution in [3.05, 3.63) is 0 Å². The van der Waals surface area contributed by atoms with Gasteiger partial charge in [0, 0.05) is 32.2 Å². The molecule has 0 saturated carbocycles. The third-order valence-corrected chi connectivity index (χ3v) is 6.00. The molecule has 0 radical (unpaired) electrons. The van der Waals surface area contributed by atoms with Crippen LogP contribution in [0.3, 0.4) is 0 Å². The molecule has 2 saturated heterocycles. The van der Waals surface area contributed by atoms with E-state index in [2.05, 4.69) is 5.32 Å². The maximum Gasteiger partial charge on any atom is 0.225 e. The van der Waals surface area contributed by atoms with Crippen LogP contribution in [0.4, 0.5) is 0 Å². The molecule has 7 nitrogen and oxygen atoms in total. The SMILES string of the molecule is CC(C)OCCCNC(=O)C1CC(=O)N(C2CCS(=O)(=O)C2)C1. The van der Waals surface area contributed by atoms with Crippen molar-refractivity contribution in [2.75, 3.05) is 31.2 Å². The van der Waals surface area contributed by atoms with Gasteiger partial charge in [-0.3, -0.25) is 9.59 Å². The van der Waals surface area contributed by atoms with E-state index in [9.17, 15) is 18.0 Å². The van der Waals surface area contributed by atoms with Crippen molar-refractivity contribution in [2.45, 2.75) is 45.3 Å². The standard InChI is InChI=1S/C15H26N2O5S/c1-11(2)22-6-3-5-16-15(19)12-8-14(18)17(9-12)13-4-7-23(20,21)10-13/h11-13H,3-10H2,1-2H3,(H,16,19). The van der Waals surface area contributed by atoms with Crippen LogP contribution in [0, 0.1) is 5.92 Å². The van der Waals surface area contributed by atoms with E-state index in [1.807, 2.05) is 13.8 Å². The molecule has 2 atom stereocenters. The number of carbonyl (C=O) groups is 2. The van der Waals surface area contributed by atoms with Gasteiger partial charge < -0.3 is 15.0 Å². The second-order valence-electron chi connectivity index (χ2n) is 6.57. The molecular formula is C15H26N2O5S. The Labute approximate surface area is 137 Å². The molecule has 0 aliphatic carbocycles. The van der Waals surface area contributed by atoms with Crippen molar-refractivity contribution in [1.29, 1.82) is 0 Å². The number of hydrogen-bond acceptors (Lipinski definition) is 5. The summed E-state index contributed by atoms with van der Waals surface area (Å²) in [6.45, 7) is 5.36.